The zero-order chi connectivity index (χ0) is 17.6. The summed E-state index contributed by atoms with van der Waals surface area (Å²) in [6.07, 6.45) is 0. The summed E-state index contributed by atoms with van der Waals surface area (Å²) in [6.45, 7) is 7.72. The van der Waals surface area contributed by atoms with Crippen molar-refractivity contribution in [3.63, 3.8) is 0 Å². The van der Waals surface area contributed by atoms with Crippen LogP contribution in [0.3, 0.4) is 0 Å². The molecule has 3 rings (SSSR count). The molecule has 0 saturated heterocycles. The second-order valence-corrected chi connectivity index (χ2v) is 6.72. The Morgan fingerprint density at radius 1 is 0.960 bits per heavy atom. The molecule has 0 aliphatic carbocycles. The van der Waals surface area contributed by atoms with E-state index in [0.717, 1.165) is 34.6 Å². The molecule has 1 aromatic heterocycles. The minimum Gasteiger partial charge on any atom is -0.494 e. The first kappa shape index (κ1) is 17.5. The Morgan fingerprint density at radius 2 is 1.68 bits per heavy atom. The number of benzene rings is 2. The van der Waals surface area contributed by atoms with E-state index >= 15 is 0 Å². The third kappa shape index (κ3) is 4.23. The fraction of sp³-hybridized carbons (Fsp3) is 0.300. The fourth-order valence-electron chi connectivity index (χ4n) is 2.59. The lowest BCUT2D eigenvalue weighted by Gasteiger charge is -2.08. The number of rotatable bonds is 7. The van der Waals surface area contributed by atoms with Gasteiger partial charge in [-0.15, -0.1) is 10.2 Å². The monoisotopic (exact) mass is 353 g/mol. The molecule has 4 nitrogen and oxygen atoms in total. The molecule has 0 aliphatic rings. The van der Waals surface area contributed by atoms with Gasteiger partial charge in [-0.1, -0.05) is 41.6 Å². The van der Waals surface area contributed by atoms with E-state index in [4.69, 9.17) is 4.74 Å². The summed E-state index contributed by atoms with van der Waals surface area (Å²) in [5.41, 5.74) is 3.63. The molecule has 2 aromatic carbocycles. The van der Waals surface area contributed by atoms with E-state index in [1.807, 2.05) is 31.2 Å². The zero-order valence-corrected chi connectivity index (χ0v) is 15.7. The zero-order valence-electron chi connectivity index (χ0n) is 14.9. The molecule has 0 radical (unpaired) electrons. The van der Waals surface area contributed by atoms with Crippen LogP contribution in [0.25, 0.3) is 11.4 Å². The van der Waals surface area contributed by atoms with E-state index in [1.54, 1.807) is 11.8 Å². The molecule has 0 bridgehead atoms. The van der Waals surface area contributed by atoms with Gasteiger partial charge in [0, 0.05) is 17.9 Å². The van der Waals surface area contributed by atoms with Crippen LogP contribution < -0.4 is 4.74 Å². The van der Waals surface area contributed by atoms with Crippen LogP contribution in [0.4, 0.5) is 0 Å². The first-order valence-electron chi connectivity index (χ1n) is 8.56. The van der Waals surface area contributed by atoms with Crippen LogP contribution in [0.1, 0.15) is 25.0 Å². The SMILES string of the molecule is CCOc1ccc(-c2nnc(SCc3ccc(C)cc3)n2CC)cc1. The van der Waals surface area contributed by atoms with E-state index in [1.165, 1.54) is 11.1 Å². The predicted octanol–water partition coefficient (Wildman–Crippen LogP) is 4.96. The summed E-state index contributed by atoms with van der Waals surface area (Å²) in [6, 6.07) is 16.7. The van der Waals surface area contributed by atoms with Crippen LogP contribution in [0, 0.1) is 6.92 Å². The summed E-state index contributed by atoms with van der Waals surface area (Å²) >= 11 is 1.72. The van der Waals surface area contributed by atoms with E-state index in [-0.39, 0.29) is 0 Å². The van der Waals surface area contributed by atoms with Crippen LogP contribution >= 0.6 is 11.8 Å². The number of nitrogens with zero attached hydrogens (tertiary/aromatic N) is 3. The average Bonchev–Trinajstić information content (AvgIpc) is 3.05. The highest BCUT2D eigenvalue weighted by molar-refractivity contribution is 7.98. The van der Waals surface area contributed by atoms with Gasteiger partial charge in [-0.2, -0.15) is 0 Å². The van der Waals surface area contributed by atoms with Gasteiger partial charge in [0.25, 0.3) is 0 Å². The molecule has 3 aromatic rings. The van der Waals surface area contributed by atoms with Crippen molar-refractivity contribution < 1.29 is 4.74 Å². The van der Waals surface area contributed by atoms with Crippen LogP contribution in [0.15, 0.2) is 53.7 Å². The molecule has 0 spiro atoms. The third-order valence-corrected chi connectivity index (χ3v) is 4.98. The highest BCUT2D eigenvalue weighted by Gasteiger charge is 2.13. The maximum atomic E-state index is 5.51. The first-order chi connectivity index (χ1) is 12.2. The number of hydrogen-bond acceptors (Lipinski definition) is 4. The number of thioether (sulfide) groups is 1. The maximum absolute atomic E-state index is 5.51. The number of hydrogen-bond donors (Lipinski definition) is 0. The summed E-state index contributed by atoms with van der Waals surface area (Å²) in [4.78, 5) is 0. The van der Waals surface area contributed by atoms with E-state index in [2.05, 4.69) is 52.9 Å². The van der Waals surface area contributed by atoms with Crippen molar-refractivity contribution in [3.8, 4) is 17.1 Å². The molecule has 0 N–H and O–H groups in total. The van der Waals surface area contributed by atoms with Crippen molar-refractivity contribution >= 4 is 11.8 Å². The summed E-state index contributed by atoms with van der Waals surface area (Å²) in [7, 11) is 0. The lowest BCUT2D eigenvalue weighted by atomic mass is 10.2. The Kier molecular flexibility index (Phi) is 5.76. The van der Waals surface area contributed by atoms with Gasteiger partial charge < -0.3 is 9.30 Å². The molecule has 130 valence electrons. The van der Waals surface area contributed by atoms with Crippen molar-refractivity contribution in [2.45, 2.75) is 38.2 Å². The summed E-state index contributed by atoms with van der Waals surface area (Å²) < 4.78 is 7.67. The minimum absolute atomic E-state index is 0.671. The van der Waals surface area contributed by atoms with Crippen molar-refractivity contribution in [2.24, 2.45) is 0 Å². The van der Waals surface area contributed by atoms with Crippen molar-refractivity contribution in [1.29, 1.82) is 0 Å². The predicted molar refractivity (Wildman–Crippen MR) is 103 cm³/mol. The number of ether oxygens (including phenoxy) is 1. The Balaban J connectivity index is 1.77. The average molecular weight is 353 g/mol. The Bertz CT molecular complexity index is 810. The number of aryl methyl sites for hydroxylation is 1. The molecule has 1 heterocycles. The largest absolute Gasteiger partial charge is 0.494 e. The van der Waals surface area contributed by atoms with Gasteiger partial charge in [0.15, 0.2) is 11.0 Å². The van der Waals surface area contributed by atoms with Gasteiger partial charge in [0.1, 0.15) is 5.75 Å². The second-order valence-electron chi connectivity index (χ2n) is 5.78. The van der Waals surface area contributed by atoms with E-state index in [0.29, 0.717) is 6.61 Å². The van der Waals surface area contributed by atoms with E-state index in [9.17, 15) is 0 Å². The molecule has 0 saturated carbocycles. The van der Waals surface area contributed by atoms with Crippen LogP contribution in [0.5, 0.6) is 5.75 Å². The molecule has 0 fully saturated rings. The lowest BCUT2D eigenvalue weighted by molar-refractivity contribution is 0.340. The Hall–Kier alpha value is -2.27. The number of aromatic nitrogens is 3. The van der Waals surface area contributed by atoms with Crippen LogP contribution in [-0.4, -0.2) is 21.4 Å². The molecule has 5 heteroatoms. The summed E-state index contributed by atoms with van der Waals surface area (Å²) in [5.74, 6) is 2.67. The molecule has 0 atom stereocenters. The van der Waals surface area contributed by atoms with E-state index < -0.39 is 0 Å². The molecular formula is C20H23N3OS. The minimum atomic E-state index is 0.671. The highest BCUT2D eigenvalue weighted by Crippen LogP contribution is 2.27. The van der Waals surface area contributed by atoms with Crippen molar-refractivity contribution in [1.82, 2.24) is 14.8 Å². The van der Waals surface area contributed by atoms with Crippen LogP contribution in [-0.2, 0) is 12.3 Å². The second kappa shape index (κ2) is 8.21. The van der Waals surface area contributed by atoms with Crippen molar-refractivity contribution in [3.05, 3.63) is 59.7 Å². The Morgan fingerprint density at radius 3 is 2.32 bits per heavy atom. The quantitative estimate of drug-likeness (QED) is 0.563. The maximum Gasteiger partial charge on any atom is 0.191 e. The van der Waals surface area contributed by atoms with Gasteiger partial charge in [0.2, 0.25) is 0 Å². The lowest BCUT2D eigenvalue weighted by Crippen LogP contribution is -2.00. The molecule has 0 amide bonds. The standard InChI is InChI=1S/C20H23N3OS/c1-4-23-19(17-10-12-18(13-11-17)24-5-2)21-22-20(23)25-14-16-8-6-15(3)7-9-16/h6-13H,4-5,14H2,1-3H3. The summed E-state index contributed by atoms with van der Waals surface area (Å²) in [5, 5.41) is 9.76. The molecular weight excluding hydrogens is 330 g/mol. The normalized spacial score (nSPS) is 10.8. The molecule has 25 heavy (non-hydrogen) atoms. The van der Waals surface area contributed by atoms with Gasteiger partial charge in [-0.05, 0) is 50.6 Å². The fourth-order valence-corrected chi connectivity index (χ4v) is 3.55. The highest BCUT2D eigenvalue weighted by atomic mass is 32.2. The topological polar surface area (TPSA) is 39.9 Å². The molecule has 0 unspecified atom stereocenters. The Labute approximate surface area is 153 Å². The smallest absolute Gasteiger partial charge is 0.191 e. The first-order valence-corrected chi connectivity index (χ1v) is 9.54. The van der Waals surface area contributed by atoms with Gasteiger partial charge >= 0.3 is 0 Å². The third-order valence-electron chi connectivity index (χ3n) is 3.95. The molecule has 0 aliphatic heterocycles. The van der Waals surface area contributed by atoms with Gasteiger partial charge in [-0.25, -0.2) is 0 Å². The van der Waals surface area contributed by atoms with Gasteiger partial charge in [-0.3, -0.25) is 0 Å². The van der Waals surface area contributed by atoms with Crippen molar-refractivity contribution in [2.75, 3.05) is 6.61 Å². The van der Waals surface area contributed by atoms with Crippen LogP contribution in [0.2, 0.25) is 0 Å². The van der Waals surface area contributed by atoms with Gasteiger partial charge in [0.05, 0.1) is 6.61 Å².